The van der Waals surface area contributed by atoms with Gasteiger partial charge in [0, 0.05) is 6.42 Å². The summed E-state index contributed by atoms with van der Waals surface area (Å²) >= 11 is 5.38. The molecule has 0 amide bonds. The Morgan fingerprint density at radius 1 is 1.32 bits per heavy atom. The van der Waals surface area contributed by atoms with Crippen molar-refractivity contribution in [2.24, 2.45) is 0 Å². The molecule has 3 atom stereocenters. The average Bonchev–Trinajstić information content (AvgIpc) is 3.10. The van der Waals surface area contributed by atoms with Crippen LogP contribution < -0.4 is 0 Å². The number of aromatic nitrogens is 4. The van der Waals surface area contributed by atoms with Crippen LogP contribution in [0.1, 0.15) is 12.5 Å². The first-order valence-corrected chi connectivity index (χ1v) is 7.18. The third-order valence-electron chi connectivity index (χ3n) is 3.84. The quantitative estimate of drug-likeness (QED) is 0.817. The van der Waals surface area contributed by atoms with Crippen molar-refractivity contribution in [2.75, 3.05) is 6.61 Å². The summed E-state index contributed by atoms with van der Waals surface area (Å²) in [6.45, 7) is 0.326. The first kappa shape index (κ1) is 13.6. The number of hydrogen-bond donors (Lipinski definition) is 1. The molecule has 2 aromatic rings. The standard InChI is InChI=1S/C13H12N4O4S/c18-9-4-2-1-3-7(9)16-13(22)17(15-14-16)8-5-10(19)12-20-6-11(8)21-12/h1-4,8,11-12,18H,5-6H2. The third-order valence-corrected chi connectivity index (χ3v) is 4.20. The first-order chi connectivity index (χ1) is 10.6. The molecule has 0 aliphatic carbocycles. The molecule has 0 spiro atoms. The molecule has 114 valence electrons. The Hall–Kier alpha value is -2.10. The van der Waals surface area contributed by atoms with Crippen molar-refractivity contribution >= 4 is 18.0 Å². The minimum Gasteiger partial charge on any atom is -0.506 e. The molecule has 2 aliphatic heterocycles. The van der Waals surface area contributed by atoms with Gasteiger partial charge in [-0.2, -0.15) is 4.68 Å². The molecule has 2 bridgehead atoms. The number of tetrazole rings is 1. The number of carbonyl (C=O) groups excluding carboxylic acids is 1. The maximum Gasteiger partial charge on any atom is 0.221 e. The third kappa shape index (κ3) is 1.97. The molecule has 9 heteroatoms. The van der Waals surface area contributed by atoms with E-state index in [0.717, 1.165) is 0 Å². The van der Waals surface area contributed by atoms with Crippen molar-refractivity contribution in [3.05, 3.63) is 29.0 Å². The van der Waals surface area contributed by atoms with E-state index in [2.05, 4.69) is 10.4 Å². The van der Waals surface area contributed by atoms with Crippen molar-refractivity contribution in [1.29, 1.82) is 0 Å². The van der Waals surface area contributed by atoms with Crippen molar-refractivity contribution in [3.63, 3.8) is 0 Å². The molecule has 22 heavy (non-hydrogen) atoms. The van der Waals surface area contributed by atoms with Gasteiger partial charge in [0.25, 0.3) is 0 Å². The number of para-hydroxylation sites is 2. The Kier molecular flexibility index (Phi) is 3.06. The van der Waals surface area contributed by atoms with Crippen LogP contribution in [0.5, 0.6) is 5.75 Å². The molecule has 3 heterocycles. The van der Waals surface area contributed by atoms with Gasteiger partial charge in [-0.15, -0.1) is 0 Å². The lowest BCUT2D eigenvalue weighted by atomic mass is 10.0. The van der Waals surface area contributed by atoms with Crippen molar-refractivity contribution in [3.8, 4) is 11.4 Å². The van der Waals surface area contributed by atoms with E-state index in [4.69, 9.17) is 21.7 Å². The maximum atomic E-state index is 11.9. The van der Waals surface area contributed by atoms with E-state index in [1.165, 1.54) is 9.36 Å². The van der Waals surface area contributed by atoms with Gasteiger partial charge >= 0.3 is 0 Å². The highest BCUT2D eigenvalue weighted by molar-refractivity contribution is 7.71. The van der Waals surface area contributed by atoms with Crippen LogP contribution >= 0.6 is 12.2 Å². The fourth-order valence-electron chi connectivity index (χ4n) is 2.73. The van der Waals surface area contributed by atoms with Gasteiger partial charge in [-0.1, -0.05) is 12.1 Å². The fraction of sp³-hybridized carbons (Fsp3) is 0.385. The molecule has 4 rings (SSSR count). The van der Waals surface area contributed by atoms with Crippen molar-refractivity contribution in [2.45, 2.75) is 24.9 Å². The molecule has 0 radical (unpaired) electrons. The molecule has 8 nitrogen and oxygen atoms in total. The molecule has 2 fully saturated rings. The highest BCUT2D eigenvalue weighted by Crippen LogP contribution is 2.33. The number of aromatic hydroxyl groups is 1. The second-order valence-electron chi connectivity index (χ2n) is 5.18. The SMILES string of the molecule is O=C1CC(n2nnn(-c3ccccc3O)c2=S)C2COC1O2. The molecule has 1 aromatic heterocycles. The summed E-state index contributed by atoms with van der Waals surface area (Å²) in [5.41, 5.74) is 0.433. The number of ether oxygens (including phenoxy) is 2. The monoisotopic (exact) mass is 320 g/mol. The topological polar surface area (TPSA) is 91.4 Å². The van der Waals surface area contributed by atoms with Crippen LogP contribution in [0.3, 0.4) is 0 Å². The number of fused-ring (bicyclic) bond motifs is 2. The van der Waals surface area contributed by atoms with Crippen molar-refractivity contribution < 1.29 is 19.4 Å². The van der Waals surface area contributed by atoms with Gasteiger partial charge in [0.15, 0.2) is 5.78 Å². The van der Waals surface area contributed by atoms with Crippen LogP contribution in [0.15, 0.2) is 24.3 Å². The molecule has 1 N–H and O–H groups in total. The number of carbonyl (C=O) groups is 1. The highest BCUT2D eigenvalue weighted by Gasteiger charge is 2.45. The zero-order valence-corrected chi connectivity index (χ0v) is 12.1. The Morgan fingerprint density at radius 3 is 2.95 bits per heavy atom. The minimum atomic E-state index is -0.761. The summed E-state index contributed by atoms with van der Waals surface area (Å²) in [5.74, 6) is -0.0800. The van der Waals surface area contributed by atoms with Crippen LogP contribution in [-0.2, 0) is 14.3 Å². The lowest BCUT2D eigenvalue weighted by Crippen LogP contribution is -2.37. The predicted molar refractivity (Wildman–Crippen MR) is 75.1 cm³/mol. The summed E-state index contributed by atoms with van der Waals surface area (Å²) in [4.78, 5) is 11.9. The van der Waals surface area contributed by atoms with Gasteiger partial charge in [0.05, 0.1) is 12.6 Å². The zero-order chi connectivity index (χ0) is 15.3. The summed E-state index contributed by atoms with van der Waals surface area (Å²) in [6.07, 6.45) is -0.795. The van der Waals surface area contributed by atoms with E-state index in [0.29, 0.717) is 12.3 Å². The normalized spacial score (nSPS) is 27.3. The Morgan fingerprint density at radius 2 is 2.14 bits per heavy atom. The number of Topliss-reactive ketones (excluding diaryl/α,β-unsaturated/α-hetero) is 1. The second-order valence-corrected chi connectivity index (χ2v) is 5.55. The van der Waals surface area contributed by atoms with Gasteiger partial charge in [-0.3, -0.25) is 4.79 Å². The van der Waals surface area contributed by atoms with Gasteiger partial charge in [-0.25, -0.2) is 4.68 Å². The van der Waals surface area contributed by atoms with Crippen LogP contribution in [-0.4, -0.2) is 49.7 Å². The maximum absolute atomic E-state index is 11.9. The first-order valence-electron chi connectivity index (χ1n) is 6.78. The molecule has 1 aromatic carbocycles. The molecule has 0 saturated carbocycles. The second kappa shape index (κ2) is 4.97. The van der Waals surface area contributed by atoms with E-state index >= 15 is 0 Å². The molecular formula is C13H12N4O4S. The van der Waals surface area contributed by atoms with E-state index in [1.807, 2.05) is 0 Å². The number of nitrogens with zero attached hydrogens (tertiary/aromatic N) is 4. The van der Waals surface area contributed by atoms with Gasteiger partial charge in [0.2, 0.25) is 11.1 Å². The fourth-order valence-corrected chi connectivity index (χ4v) is 3.03. The number of ketones is 1. The van der Waals surface area contributed by atoms with Crippen LogP contribution in [0, 0.1) is 4.77 Å². The predicted octanol–water partition coefficient (Wildman–Crippen LogP) is 0.759. The Balaban J connectivity index is 1.75. The number of hydrogen-bond acceptors (Lipinski definition) is 7. The largest absolute Gasteiger partial charge is 0.506 e. The lowest BCUT2D eigenvalue weighted by molar-refractivity contribution is -0.156. The summed E-state index contributed by atoms with van der Waals surface area (Å²) in [5, 5.41) is 17.9. The van der Waals surface area contributed by atoms with Gasteiger partial charge in [0.1, 0.15) is 17.5 Å². The Bertz CT molecular complexity index is 801. The number of phenolic OH excluding ortho intramolecular Hbond substituents is 1. The molecule has 2 aliphatic rings. The number of phenols is 1. The van der Waals surface area contributed by atoms with Gasteiger partial charge < -0.3 is 14.6 Å². The van der Waals surface area contributed by atoms with Gasteiger partial charge in [-0.05, 0) is 34.8 Å². The minimum absolute atomic E-state index is 0.0471. The summed E-state index contributed by atoms with van der Waals surface area (Å²) in [7, 11) is 0. The van der Waals surface area contributed by atoms with Crippen LogP contribution in [0.2, 0.25) is 0 Å². The number of benzene rings is 1. The zero-order valence-electron chi connectivity index (χ0n) is 11.3. The number of rotatable bonds is 2. The lowest BCUT2D eigenvalue weighted by Gasteiger charge is -2.25. The van der Waals surface area contributed by atoms with E-state index in [9.17, 15) is 9.90 Å². The summed E-state index contributed by atoms with van der Waals surface area (Å²) in [6, 6.07) is 6.34. The van der Waals surface area contributed by atoms with E-state index in [-0.39, 0.29) is 34.9 Å². The highest BCUT2D eigenvalue weighted by atomic mass is 32.1. The van der Waals surface area contributed by atoms with Crippen LogP contribution in [0.25, 0.3) is 5.69 Å². The van der Waals surface area contributed by atoms with E-state index < -0.39 is 6.29 Å². The smallest absolute Gasteiger partial charge is 0.221 e. The molecular weight excluding hydrogens is 308 g/mol. The molecule has 2 saturated heterocycles. The van der Waals surface area contributed by atoms with Crippen molar-refractivity contribution in [1.82, 2.24) is 19.8 Å². The Labute approximate surface area is 129 Å². The summed E-state index contributed by atoms with van der Waals surface area (Å²) < 4.78 is 13.9. The van der Waals surface area contributed by atoms with E-state index in [1.54, 1.807) is 24.3 Å². The average molecular weight is 320 g/mol. The molecule has 3 unspecified atom stereocenters. The van der Waals surface area contributed by atoms with Crippen LogP contribution in [0.4, 0.5) is 0 Å².